The zero-order valence-corrected chi connectivity index (χ0v) is 10.1. The van der Waals surface area contributed by atoms with Gasteiger partial charge in [0, 0.05) is 19.2 Å². The summed E-state index contributed by atoms with van der Waals surface area (Å²) in [5.74, 6) is 0.342. The van der Waals surface area contributed by atoms with Crippen LogP contribution in [0, 0.1) is 10.1 Å². The van der Waals surface area contributed by atoms with Gasteiger partial charge in [-0.25, -0.2) is 0 Å². The molecule has 1 aromatic rings. The summed E-state index contributed by atoms with van der Waals surface area (Å²) in [5, 5.41) is 19.3. The lowest BCUT2D eigenvalue weighted by atomic mass is 10.2. The van der Waals surface area contributed by atoms with Crippen LogP contribution in [-0.2, 0) is 6.54 Å². The Morgan fingerprint density at radius 2 is 2.24 bits per heavy atom. The third kappa shape index (κ3) is 4.16. The highest BCUT2D eigenvalue weighted by Crippen LogP contribution is 2.18. The number of aliphatic hydroxyl groups excluding tert-OH is 1. The molecule has 0 aromatic carbocycles. The van der Waals surface area contributed by atoms with E-state index in [1.54, 1.807) is 6.07 Å². The molecule has 0 radical (unpaired) electrons. The number of furan rings is 1. The summed E-state index contributed by atoms with van der Waals surface area (Å²) in [6.07, 6.45) is 0.682. The Morgan fingerprint density at radius 3 is 2.71 bits per heavy atom. The standard InChI is InChI=1S/C11H18N2O4/c1-9(2)12(6-3-7-14)8-10-4-5-11(17-10)13(15)16/h4-5,9,14H,3,6-8H2,1-2H3. The highest BCUT2D eigenvalue weighted by Gasteiger charge is 2.16. The number of nitro groups is 1. The maximum Gasteiger partial charge on any atom is 0.433 e. The molecular formula is C11H18N2O4. The van der Waals surface area contributed by atoms with Gasteiger partial charge >= 0.3 is 5.88 Å². The molecule has 1 N–H and O–H groups in total. The molecule has 0 amide bonds. The Balaban J connectivity index is 2.61. The fourth-order valence-corrected chi connectivity index (χ4v) is 1.54. The molecule has 0 fully saturated rings. The van der Waals surface area contributed by atoms with Gasteiger partial charge in [0.05, 0.1) is 12.6 Å². The number of aliphatic hydroxyl groups is 1. The van der Waals surface area contributed by atoms with Gasteiger partial charge in [-0.15, -0.1) is 0 Å². The van der Waals surface area contributed by atoms with Crippen LogP contribution in [0.2, 0.25) is 0 Å². The van der Waals surface area contributed by atoms with E-state index in [1.165, 1.54) is 6.07 Å². The molecule has 0 unspecified atom stereocenters. The number of hydrogen-bond acceptors (Lipinski definition) is 5. The molecular weight excluding hydrogens is 224 g/mol. The van der Waals surface area contributed by atoms with Gasteiger partial charge in [-0.2, -0.15) is 0 Å². The predicted octanol–water partition coefficient (Wildman–Crippen LogP) is 1.78. The summed E-state index contributed by atoms with van der Waals surface area (Å²) in [5.41, 5.74) is 0. The van der Waals surface area contributed by atoms with Crippen molar-refractivity contribution in [2.45, 2.75) is 32.9 Å². The summed E-state index contributed by atoms with van der Waals surface area (Å²) in [7, 11) is 0. The van der Waals surface area contributed by atoms with E-state index in [0.29, 0.717) is 24.8 Å². The predicted molar refractivity (Wildman–Crippen MR) is 62.6 cm³/mol. The molecule has 96 valence electrons. The first-order valence-electron chi connectivity index (χ1n) is 5.62. The zero-order chi connectivity index (χ0) is 12.8. The van der Waals surface area contributed by atoms with Crippen LogP contribution in [0.25, 0.3) is 0 Å². The van der Waals surface area contributed by atoms with Gasteiger partial charge in [0.2, 0.25) is 0 Å². The van der Waals surface area contributed by atoms with Gasteiger partial charge in [0.1, 0.15) is 10.7 Å². The van der Waals surface area contributed by atoms with Crippen molar-refractivity contribution < 1.29 is 14.4 Å². The number of rotatable bonds is 7. The van der Waals surface area contributed by atoms with E-state index in [9.17, 15) is 10.1 Å². The van der Waals surface area contributed by atoms with Gasteiger partial charge < -0.3 is 9.52 Å². The largest absolute Gasteiger partial charge is 0.433 e. The molecule has 0 spiro atoms. The van der Waals surface area contributed by atoms with Crippen LogP contribution < -0.4 is 0 Å². The molecule has 0 aliphatic heterocycles. The first-order chi connectivity index (χ1) is 8.04. The fraction of sp³-hybridized carbons (Fsp3) is 0.636. The van der Waals surface area contributed by atoms with E-state index in [-0.39, 0.29) is 12.5 Å². The molecule has 0 aliphatic carbocycles. The molecule has 0 saturated heterocycles. The fourth-order valence-electron chi connectivity index (χ4n) is 1.54. The van der Waals surface area contributed by atoms with Crippen molar-refractivity contribution in [3.8, 4) is 0 Å². The van der Waals surface area contributed by atoms with Gasteiger partial charge in [0.15, 0.2) is 0 Å². The van der Waals surface area contributed by atoms with E-state index in [0.717, 1.165) is 6.54 Å². The number of nitrogens with zero attached hydrogens (tertiary/aromatic N) is 2. The molecule has 17 heavy (non-hydrogen) atoms. The Morgan fingerprint density at radius 1 is 1.53 bits per heavy atom. The van der Waals surface area contributed by atoms with E-state index >= 15 is 0 Å². The third-order valence-electron chi connectivity index (χ3n) is 2.52. The SMILES string of the molecule is CC(C)N(CCCO)Cc1ccc([N+](=O)[O-])o1. The average molecular weight is 242 g/mol. The second-order valence-electron chi connectivity index (χ2n) is 4.14. The third-order valence-corrected chi connectivity index (χ3v) is 2.52. The Kier molecular flexibility index (Phi) is 5.11. The second-order valence-corrected chi connectivity index (χ2v) is 4.14. The smallest absolute Gasteiger partial charge is 0.404 e. The van der Waals surface area contributed by atoms with E-state index in [4.69, 9.17) is 9.52 Å². The van der Waals surface area contributed by atoms with Crippen molar-refractivity contribution in [2.75, 3.05) is 13.2 Å². The summed E-state index contributed by atoms with van der Waals surface area (Å²) < 4.78 is 5.10. The highest BCUT2D eigenvalue weighted by atomic mass is 16.6. The van der Waals surface area contributed by atoms with Crippen molar-refractivity contribution in [2.24, 2.45) is 0 Å². The van der Waals surface area contributed by atoms with Crippen molar-refractivity contribution in [1.82, 2.24) is 4.90 Å². The zero-order valence-electron chi connectivity index (χ0n) is 10.1. The minimum Gasteiger partial charge on any atom is -0.404 e. The molecule has 6 heteroatoms. The van der Waals surface area contributed by atoms with Gasteiger partial charge in [0.25, 0.3) is 0 Å². The van der Waals surface area contributed by atoms with Crippen LogP contribution >= 0.6 is 0 Å². The molecule has 0 aliphatic rings. The van der Waals surface area contributed by atoms with Crippen LogP contribution in [0.4, 0.5) is 5.88 Å². The van der Waals surface area contributed by atoms with E-state index in [2.05, 4.69) is 4.90 Å². The van der Waals surface area contributed by atoms with Crippen LogP contribution in [0.15, 0.2) is 16.5 Å². The molecule has 0 atom stereocenters. The molecule has 1 heterocycles. The summed E-state index contributed by atoms with van der Waals surface area (Å²) in [6.45, 7) is 5.47. The highest BCUT2D eigenvalue weighted by molar-refractivity contribution is 5.17. The molecule has 1 rings (SSSR count). The minimum atomic E-state index is -0.545. The van der Waals surface area contributed by atoms with Crippen LogP contribution in [0.1, 0.15) is 26.0 Å². The Bertz CT molecular complexity index is 362. The summed E-state index contributed by atoms with van der Waals surface area (Å²) >= 11 is 0. The number of hydrogen-bond donors (Lipinski definition) is 1. The van der Waals surface area contributed by atoms with Gasteiger partial charge in [-0.1, -0.05) is 0 Å². The average Bonchev–Trinajstić information content (AvgIpc) is 2.72. The lowest BCUT2D eigenvalue weighted by Crippen LogP contribution is -2.31. The van der Waals surface area contributed by atoms with Crippen molar-refractivity contribution in [3.05, 3.63) is 28.0 Å². The normalized spacial score (nSPS) is 11.4. The van der Waals surface area contributed by atoms with Crippen LogP contribution in [0.5, 0.6) is 0 Å². The van der Waals surface area contributed by atoms with Crippen LogP contribution in [-0.4, -0.2) is 34.1 Å². The second kappa shape index (κ2) is 6.36. The molecule has 0 bridgehead atoms. The van der Waals surface area contributed by atoms with Crippen LogP contribution in [0.3, 0.4) is 0 Å². The Labute approximate surface area is 100.0 Å². The lowest BCUT2D eigenvalue weighted by molar-refractivity contribution is -0.402. The monoisotopic (exact) mass is 242 g/mol. The first-order valence-corrected chi connectivity index (χ1v) is 5.62. The molecule has 6 nitrogen and oxygen atoms in total. The molecule has 1 aromatic heterocycles. The maximum atomic E-state index is 10.5. The van der Waals surface area contributed by atoms with Gasteiger partial charge in [-0.05, 0) is 26.3 Å². The summed E-state index contributed by atoms with van der Waals surface area (Å²) in [6, 6.07) is 3.28. The minimum absolute atomic E-state index is 0.140. The molecule has 0 saturated carbocycles. The lowest BCUT2D eigenvalue weighted by Gasteiger charge is -2.24. The van der Waals surface area contributed by atoms with E-state index < -0.39 is 4.92 Å². The van der Waals surface area contributed by atoms with Gasteiger partial charge in [-0.3, -0.25) is 15.0 Å². The maximum absolute atomic E-state index is 10.5. The summed E-state index contributed by atoms with van der Waals surface area (Å²) in [4.78, 5) is 12.0. The van der Waals surface area contributed by atoms with Crippen molar-refractivity contribution in [1.29, 1.82) is 0 Å². The topological polar surface area (TPSA) is 79.8 Å². The van der Waals surface area contributed by atoms with Crippen molar-refractivity contribution in [3.63, 3.8) is 0 Å². The quantitative estimate of drug-likeness (QED) is 0.582. The van der Waals surface area contributed by atoms with E-state index in [1.807, 2.05) is 13.8 Å². The van der Waals surface area contributed by atoms with Crippen molar-refractivity contribution >= 4 is 5.88 Å². The Hall–Kier alpha value is -1.40. The first kappa shape index (κ1) is 13.7.